The SMILES string of the molecule is Cc1ocnc1C(=O)OCC#N. The van der Waals surface area contributed by atoms with Crippen LogP contribution in [0.15, 0.2) is 10.8 Å². The van der Waals surface area contributed by atoms with E-state index in [1.54, 1.807) is 13.0 Å². The topological polar surface area (TPSA) is 76.1 Å². The molecule has 0 aliphatic heterocycles. The van der Waals surface area contributed by atoms with Gasteiger partial charge in [-0.2, -0.15) is 5.26 Å². The molecule has 1 aromatic heterocycles. The molecule has 1 aromatic rings. The van der Waals surface area contributed by atoms with Crippen LogP contribution in [-0.2, 0) is 4.74 Å². The molecule has 12 heavy (non-hydrogen) atoms. The summed E-state index contributed by atoms with van der Waals surface area (Å²) in [5.41, 5.74) is 0.116. The molecule has 5 nitrogen and oxygen atoms in total. The third-order valence-electron chi connectivity index (χ3n) is 1.21. The summed E-state index contributed by atoms with van der Waals surface area (Å²) in [4.78, 5) is 14.6. The highest BCUT2D eigenvalue weighted by Gasteiger charge is 2.13. The summed E-state index contributed by atoms with van der Waals surface area (Å²) < 4.78 is 9.26. The monoisotopic (exact) mass is 166 g/mol. The quantitative estimate of drug-likeness (QED) is 0.603. The maximum atomic E-state index is 11.0. The number of aryl methyl sites for hydroxylation is 1. The van der Waals surface area contributed by atoms with Gasteiger partial charge in [-0.25, -0.2) is 9.78 Å². The van der Waals surface area contributed by atoms with Crippen LogP contribution in [0.1, 0.15) is 16.2 Å². The van der Waals surface area contributed by atoms with E-state index in [1.165, 1.54) is 0 Å². The second-order valence-corrected chi connectivity index (χ2v) is 1.99. The summed E-state index contributed by atoms with van der Waals surface area (Å²) in [5, 5.41) is 8.11. The predicted molar refractivity (Wildman–Crippen MR) is 37.1 cm³/mol. The van der Waals surface area contributed by atoms with Gasteiger partial charge in [-0.3, -0.25) is 0 Å². The molecule has 5 heteroatoms. The highest BCUT2D eigenvalue weighted by Crippen LogP contribution is 2.05. The number of nitrogens with zero attached hydrogens (tertiary/aromatic N) is 2. The van der Waals surface area contributed by atoms with Crippen LogP contribution in [0.3, 0.4) is 0 Å². The molecule has 0 atom stereocenters. The van der Waals surface area contributed by atoms with Gasteiger partial charge in [-0.1, -0.05) is 0 Å². The van der Waals surface area contributed by atoms with Gasteiger partial charge in [0.2, 0.25) is 0 Å². The third kappa shape index (κ3) is 1.61. The van der Waals surface area contributed by atoms with Gasteiger partial charge in [0.1, 0.15) is 11.8 Å². The van der Waals surface area contributed by atoms with Gasteiger partial charge >= 0.3 is 5.97 Å². The molecule has 62 valence electrons. The maximum Gasteiger partial charge on any atom is 0.361 e. The van der Waals surface area contributed by atoms with Crippen molar-refractivity contribution in [2.24, 2.45) is 0 Å². The van der Waals surface area contributed by atoms with E-state index >= 15 is 0 Å². The second kappa shape index (κ2) is 3.53. The fourth-order valence-corrected chi connectivity index (χ4v) is 0.667. The van der Waals surface area contributed by atoms with E-state index in [9.17, 15) is 4.79 Å². The van der Waals surface area contributed by atoms with Crippen molar-refractivity contribution in [2.75, 3.05) is 6.61 Å². The van der Waals surface area contributed by atoms with Gasteiger partial charge in [0.05, 0.1) is 0 Å². The summed E-state index contributed by atoms with van der Waals surface area (Å²) in [5.74, 6) is -0.249. The van der Waals surface area contributed by atoms with E-state index in [1.807, 2.05) is 0 Å². The molecule has 0 radical (unpaired) electrons. The van der Waals surface area contributed by atoms with Gasteiger partial charge in [-0.15, -0.1) is 0 Å². The molecular formula is C7H6N2O3. The summed E-state index contributed by atoms with van der Waals surface area (Å²) in [6.45, 7) is 1.32. The highest BCUT2D eigenvalue weighted by molar-refractivity contribution is 5.88. The molecule has 1 heterocycles. The lowest BCUT2D eigenvalue weighted by molar-refractivity contribution is 0.0547. The van der Waals surface area contributed by atoms with Gasteiger partial charge < -0.3 is 9.15 Å². The fourth-order valence-electron chi connectivity index (χ4n) is 0.667. The number of ether oxygens (including phenoxy) is 1. The summed E-state index contributed by atoms with van der Waals surface area (Å²) >= 11 is 0. The van der Waals surface area contributed by atoms with Crippen molar-refractivity contribution in [3.63, 3.8) is 0 Å². The first-order valence-corrected chi connectivity index (χ1v) is 3.20. The zero-order valence-corrected chi connectivity index (χ0v) is 6.40. The number of carbonyl (C=O) groups is 1. The smallest absolute Gasteiger partial charge is 0.361 e. The maximum absolute atomic E-state index is 11.0. The van der Waals surface area contributed by atoms with Crippen LogP contribution in [0.5, 0.6) is 0 Å². The zero-order chi connectivity index (χ0) is 8.97. The minimum atomic E-state index is -0.636. The Kier molecular flexibility index (Phi) is 2.43. The predicted octanol–water partition coefficient (Wildman–Crippen LogP) is 0.663. The first-order chi connectivity index (χ1) is 5.75. The van der Waals surface area contributed by atoms with E-state index in [0.29, 0.717) is 5.76 Å². The number of hydrogen-bond acceptors (Lipinski definition) is 5. The van der Waals surface area contributed by atoms with E-state index in [-0.39, 0.29) is 12.3 Å². The van der Waals surface area contributed by atoms with Crippen LogP contribution in [-0.4, -0.2) is 17.6 Å². The lowest BCUT2D eigenvalue weighted by Gasteiger charge is -1.95. The number of oxazole rings is 1. The molecule has 0 bridgehead atoms. The molecule has 1 rings (SSSR count). The molecule has 0 aliphatic carbocycles. The fraction of sp³-hybridized carbons (Fsp3) is 0.286. The average molecular weight is 166 g/mol. The minimum Gasteiger partial charge on any atom is -0.448 e. The average Bonchev–Trinajstić information content (AvgIpc) is 2.47. The standard InChI is InChI=1S/C7H6N2O3/c1-5-6(9-4-12-5)7(10)11-3-2-8/h4H,3H2,1H3. The summed E-state index contributed by atoms with van der Waals surface area (Å²) in [6, 6.07) is 1.68. The minimum absolute atomic E-state index is 0.116. The zero-order valence-electron chi connectivity index (χ0n) is 6.40. The Morgan fingerprint density at radius 2 is 2.67 bits per heavy atom. The third-order valence-corrected chi connectivity index (χ3v) is 1.21. The van der Waals surface area contributed by atoms with Crippen molar-refractivity contribution in [1.82, 2.24) is 4.98 Å². The highest BCUT2D eigenvalue weighted by atomic mass is 16.5. The van der Waals surface area contributed by atoms with Crippen molar-refractivity contribution in [3.8, 4) is 6.07 Å². The molecule has 0 saturated carbocycles. The molecule has 0 saturated heterocycles. The Balaban J connectivity index is 2.67. The largest absolute Gasteiger partial charge is 0.448 e. The first kappa shape index (κ1) is 8.27. The van der Waals surface area contributed by atoms with Gasteiger partial charge in [-0.05, 0) is 6.92 Å². The number of nitriles is 1. The van der Waals surface area contributed by atoms with Crippen molar-refractivity contribution < 1.29 is 13.9 Å². The molecular weight excluding hydrogens is 160 g/mol. The van der Waals surface area contributed by atoms with E-state index in [0.717, 1.165) is 6.39 Å². The molecule has 0 spiro atoms. The number of esters is 1. The van der Waals surface area contributed by atoms with Crippen LogP contribution in [0.2, 0.25) is 0 Å². The summed E-state index contributed by atoms with van der Waals surface area (Å²) in [6.07, 6.45) is 1.15. The molecule has 0 N–H and O–H groups in total. The van der Waals surface area contributed by atoms with E-state index in [2.05, 4.69) is 9.72 Å². The van der Waals surface area contributed by atoms with Crippen molar-refractivity contribution in [3.05, 3.63) is 17.8 Å². The number of carbonyl (C=O) groups excluding carboxylic acids is 1. The molecule has 0 amide bonds. The van der Waals surface area contributed by atoms with Crippen LogP contribution in [0.25, 0.3) is 0 Å². The lowest BCUT2D eigenvalue weighted by Crippen LogP contribution is -2.06. The Morgan fingerprint density at radius 1 is 1.92 bits per heavy atom. The molecule has 0 aromatic carbocycles. The van der Waals surface area contributed by atoms with E-state index < -0.39 is 5.97 Å². The first-order valence-electron chi connectivity index (χ1n) is 3.20. The molecule has 0 unspecified atom stereocenters. The summed E-state index contributed by atoms with van der Waals surface area (Å²) in [7, 11) is 0. The molecule has 0 aliphatic rings. The van der Waals surface area contributed by atoms with Gasteiger partial charge in [0, 0.05) is 0 Å². The second-order valence-electron chi connectivity index (χ2n) is 1.99. The number of hydrogen-bond donors (Lipinski definition) is 0. The van der Waals surface area contributed by atoms with Crippen LogP contribution in [0, 0.1) is 18.3 Å². The van der Waals surface area contributed by atoms with Crippen molar-refractivity contribution in [1.29, 1.82) is 5.26 Å². The van der Waals surface area contributed by atoms with Gasteiger partial charge in [0.15, 0.2) is 18.7 Å². The normalized spacial score (nSPS) is 9.00. The van der Waals surface area contributed by atoms with Gasteiger partial charge in [0.25, 0.3) is 0 Å². The Morgan fingerprint density at radius 3 is 3.17 bits per heavy atom. The Bertz CT molecular complexity index is 324. The lowest BCUT2D eigenvalue weighted by atomic mass is 10.4. The van der Waals surface area contributed by atoms with Crippen LogP contribution in [0.4, 0.5) is 0 Å². The van der Waals surface area contributed by atoms with Crippen LogP contribution < -0.4 is 0 Å². The van der Waals surface area contributed by atoms with Crippen molar-refractivity contribution in [2.45, 2.75) is 6.92 Å². The number of rotatable bonds is 2. The number of aromatic nitrogens is 1. The van der Waals surface area contributed by atoms with E-state index in [4.69, 9.17) is 9.68 Å². The van der Waals surface area contributed by atoms with Crippen LogP contribution >= 0.6 is 0 Å². The Hall–Kier alpha value is -1.83. The molecule has 0 fully saturated rings. The Labute approximate surface area is 68.6 Å². The van der Waals surface area contributed by atoms with Crippen molar-refractivity contribution >= 4 is 5.97 Å².